The van der Waals surface area contributed by atoms with Crippen LogP contribution in [0.4, 0.5) is 5.82 Å². The van der Waals surface area contributed by atoms with Gasteiger partial charge in [0, 0.05) is 16.6 Å². The second-order valence-corrected chi connectivity index (χ2v) is 4.76. The number of thiazole rings is 1. The van der Waals surface area contributed by atoms with Crippen molar-refractivity contribution in [3.63, 3.8) is 0 Å². The average Bonchev–Trinajstić information content (AvgIpc) is 2.91. The lowest BCUT2D eigenvalue weighted by atomic mass is 9.96. The van der Waals surface area contributed by atoms with Crippen molar-refractivity contribution in [1.82, 2.24) is 15.0 Å². The van der Waals surface area contributed by atoms with Gasteiger partial charge in [-0.2, -0.15) is 0 Å². The van der Waals surface area contributed by atoms with Gasteiger partial charge in [-0.1, -0.05) is 0 Å². The van der Waals surface area contributed by atoms with Crippen molar-refractivity contribution < 1.29 is 0 Å². The maximum atomic E-state index is 5.54. The first kappa shape index (κ1) is 10.6. The summed E-state index contributed by atoms with van der Waals surface area (Å²) in [5.74, 6) is 6.95. The van der Waals surface area contributed by atoms with Crippen molar-refractivity contribution in [3.05, 3.63) is 22.1 Å². The molecule has 2 heterocycles. The number of hydrogen-bond donors (Lipinski definition) is 2. The first-order valence-corrected chi connectivity index (χ1v) is 6.57. The van der Waals surface area contributed by atoms with E-state index in [9.17, 15) is 0 Å². The molecule has 17 heavy (non-hydrogen) atoms. The van der Waals surface area contributed by atoms with Gasteiger partial charge in [0.2, 0.25) is 0 Å². The minimum absolute atomic E-state index is 0.667. The maximum absolute atomic E-state index is 5.54. The molecule has 0 bridgehead atoms. The molecule has 1 aliphatic carbocycles. The third-order valence-corrected chi connectivity index (χ3v) is 3.57. The molecule has 0 radical (unpaired) electrons. The van der Waals surface area contributed by atoms with E-state index in [0.29, 0.717) is 5.82 Å². The summed E-state index contributed by atoms with van der Waals surface area (Å²) >= 11 is 1.54. The minimum Gasteiger partial charge on any atom is -0.308 e. The number of fused-ring (bicyclic) bond motifs is 1. The van der Waals surface area contributed by atoms with Gasteiger partial charge in [-0.25, -0.2) is 20.8 Å². The second kappa shape index (κ2) is 4.38. The molecule has 0 spiro atoms. The molecule has 0 saturated heterocycles. The summed E-state index contributed by atoms with van der Waals surface area (Å²) in [5, 5.41) is 1.95. The van der Waals surface area contributed by atoms with E-state index >= 15 is 0 Å². The van der Waals surface area contributed by atoms with Crippen LogP contribution < -0.4 is 11.3 Å². The van der Waals surface area contributed by atoms with Crippen molar-refractivity contribution in [3.8, 4) is 11.5 Å². The Bertz CT molecular complexity index is 506. The van der Waals surface area contributed by atoms with Gasteiger partial charge in [-0.05, 0) is 25.7 Å². The molecule has 2 aromatic rings. The second-order valence-electron chi connectivity index (χ2n) is 4.05. The molecule has 2 aromatic heterocycles. The largest absolute Gasteiger partial charge is 0.308 e. The van der Waals surface area contributed by atoms with Crippen LogP contribution in [0.3, 0.4) is 0 Å². The molecule has 0 aromatic carbocycles. The normalized spacial score (nSPS) is 14.4. The van der Waals surface area contributed by atoms with E-state index in [0.717, 1.165) is 35.6 Å². The summed E-state index contributed by atoms with van der Waals surface area (Å²) in [4.78, 5) is 13.3. The number of rotatable bonds is 2. The summed E-state index contributed by atoms with van der Waals surface area (Å²) in [5.41, 5.74) is 7.56. The number of nitrogens with one attached hydrogen (secondary N) is 1. The number of nitrogens with two attached hydrogens (primary N) is 1. The van der Waals surface area contributed by atoms with Crippen molar-refractivity contribution in [2.24, 2.45) is 5.84 Å². The van der Waals surface area contributed by atoms with Crippen LogP contribution >= 0.6 is 11.3 Å². The molecule has 0 aliphatic heterocycles. The average molecular weight is 247 g/mol. The van der Waals surface area contributed by atoms with Crippen LogP contribution in [0.1, 0.15) is 24.1 Å². The molecular formula is C11H13N5S. The highest BCUT2D eigenvalue weighted by Gasteiger charge is 2.18. The first-order valence-electron chi connectivity index (χ1n) is 5.63. The fourth-order valence-electron chi connectivity index (χ4n) is 2.15. The molecule has 0 unspecified atom stereocenters. The fraction of sp³-hybridized carbons (Fsp3) is 0.364. The van der Waals surface area contributed by atoms with E-state index in [4.69, 9.17) is 5.84 Å². The van der Waals surface area contributed by atoms with Crippen molar-refractivity contribution in [1.29, 1.82) is 0 Å². The standard InChI is InChI=1S/C11H13N5S/c12-16-10-7-3-1-2-4-8(7)14-11(15-10)9-5-17-6-13-9/h5-6H,1-4,12H2,(H,14,15,16). The highest BCUT2D eigenvalue weighted by atomic mass is 32.1. The van der Waals surface area contributed by atoms with Gasteiger partial charge in [0.25, 0.3) is 0 Å². The zero-order valence-electron chi connectivity index (χ0n) is 9.31. The fourth-order valence-corrected chi connectivity index (χ4v) is 2.68. The van der Waals surface area contributed by atoms with Crippen LogP contribution in [-0.2, 0) is 12.8 Å². The topological polar surface area (TPSA) is 76.7 Å². The molecular weight excluding hydrogens is 234 g/mol. The van der Waals surface area contributed by atoms with Gasteiger partial charge in [0.15, 0.2) is 5.82 Å². The molecule has 5 nitrogen and oxygen atoms in total. The Morgan fingerprint density at radius 2 is 2.12 bits per heavy atom. The van der Waals surface area contributed by atoms with Crippen molar-refractivity contribution in [2.45, 2.75) is 25.7 Å². The summed E-state index contributed by atoms with van der Waals surface area (Å²) in [6, 6.07) is 0. The van der Waals surface area contributed by atoms with Crippen LogP contribution in [0, 0.1) is 0 Å². The lowest BCUT2D eigenvalue weighted by Gasteiger charge is -2.18. The third-order valence-electron chi connectivity index (χ3n) is 2.98. The molecule has 88 valence electrons. The predicted molar refractivity (Wildman–Crippen MR) is 67.6 cm³/mol. The van der Waals surface area contributed by atoms with Gasteiger partial charge >= 0.3 is 0 Å². The third kappa shape index (κ3) is 1.89. The molecule has 6 heteroatoms. The van der Waals surface area contributed by atoms with Gasteiger partial charge in [-0.3, -0.25) is 0 Å². The Balaban J connectivity index is 2.12. The van der Waals surface area contributed by atoms with E-state index in [1.165, 1.54) is 12.8 Å². The SMILES string of the molecule is NNc1nc(-c2cscn2)nc2c1CCCC2. The monoisotopic (exact) mass is 247 g/mol. The zero-order chi connectivity index (χ0) is 11.7. The maximum Gasteiger partial charge on any atom is 0.181 e. The van der Waals surface area contributed by atoms with Crippen LogP contribution in [0.5, 0.6) is 0 Å². The van der Waals surface area contributed by atoms with Crippen LogP contribution in [-0.4, -0.2) is 15.0 Å². The molecule has 0 fully saturated rings. The molecule has 0 saturated carbocycles. The Morgan fingerprint density at radius 1 is 1.24 bits per heavy atom. The van der Waals surface area contributed by atoms with Gasteiger partial charge in [0.05, 0.1) is 5.51 Å². The van der Waals surface area contributed by atoms with Crippen molar-refractivity contribution >= 4 is 17.2 Å². The first-order chi connectivity index (χ1) is 8.38. The molecule has 0 amide bonds. The van der Waals surface area contributed by atoms with E-state index < -0.39 is 0 Å². The Kier molecular flexibility index (Phi) is 2.74. The molecule has 1 aliphatic rings. The van der Waals surface area contributed by atoms with Crippen LogP contribution in [0.25, 0.3) is 11.5 Å². The number of hydrogen-bond acceptors (Lipinski definition) is 6. The van der Waals surface area contributed by atoms with Crippen molar-refractivity contribution in [2.75, 3.05) is 5.43 Å². The summed E-state index contributed by atoms with van der Waals surface area (Å²) in [6.45, 7) is 0. The van der Waals surface area contributed by atoms with Gasteiger partial charge in [0.1, 0.15) is 11.5 Å². The number of hydrazine groups is 1. The zero-order valence-corrected chi connectivity index (χ0v) is 10.1. The van der Waals surface area contributed by atoms with E-state index in [1.54, 1.807) is 16.8 Å². The molecule has 0 atom stereocenters. The number of aromatic nitrogens is 3. The lowest BCUT2D eigenvalue weighted by molar-refractivity contribution is 0.664. The summed E-state index contributed by atoms with van der Waals surface area (Å²) in [6.07, 6.45) is 4.38. The van der Waals surface area contributed by atoms with E-state index in [1.807, 2.05) is 5.38 Å². The quantitative estimate of drug-likeness (QED) is 0.624. The van der Waals surface area contributed by atoms with E-state index in [2.05, 4.69) is 20.4 Å². The highest BCUT2D eigenvalue weighted by molar-refractivity contribution is 7.07. The Labute approximate surface area is 103 Å². The number of nitrogens with zero attached hydrogens (tertiary/aromatic N) is 3. The van der Waals surface area contributed by atoms with E-state index in [-0.39, 0.29) is 0 Å². The summed E-state index contributed by atoms with van der Waals surface area (Å²) < 4.78 is 0. The minimum atomic E-state index is 0.667. The molecule has 3 N–H and O–H groups in total. The number of aryl methyl sites for hydroxylation is 1. The highest BCUT2D eigenvalue weighted by Crippen LogP contribution is 2.27. The smallest absolute Gasteiger partial charge is 0.181 e. The Morgan fingerprint density at radius 3 is 2.88 bits per heavy atom. The van der Waals surface area contributed by atoms with Gasteiger partial charge in [-0.15, -0.1) is 11.3 Å². The molecule has 3 rings (SSSR count). The number of nitrogen functional groups attached to an aromatic ring is 1. The van der Waals surface area contributed by atoms with Crippen LogP contribution in [0.2, 0.25) is 0 Å². The predicted octanol–water partition coefficient (Wildman–Crippen LogP) is 1.76. The lowest BCUT2D eigenvalue weighted by Crippen LogP contribution is -2.17. The number of anilines is 1. The van der Waals surface area contributed by atoms with Gasteiger partial charge < -0.3 is 5.43 Å². The summed E-state index contributed by atoms with van der Waals surface area (Å²) in [7, 11) is 0. The van der Waals surface area contributed by atoms with Crippen LogP contribution in [0.15, 0.2) is 10.9 Å². The Hall–Kier alpha value is -1.53.